The molecular weight excluding hydrogens is 460 g/mol. The largest absolute Gasteiger partial charge is 0.296 e. The van der Waals surface area contributed by atoms with Crippen LogP contribution < -0.4 is 9.44 Å². The first-order valence-corrected chi connectivity index (χ1v) is 14.0. The molecule has 1 fully saturated rings. The number of hydrogen-bond acceptors (Lipinski definition) is 6. The molecule has 0 spiro atoms. The monoisotopic (exact) mass is 492 g/mol. The van der Waals surface area contributed by atoms with Gasteiger partial charge in [-0.15, -0.1) is 0 Å². The lowest BCUT2D eigenvalue weighted by Crippen LogP contribution is -2.42. The second-order valence-corrected chi connectivity index (χ2v) is 11.7. The first kappa shape index (κ1) is 25.4. The van der Waals surface area contributed by atoms with Crippen molar-refractivity contribution in [1.82, 2.24) is 14.3 Å². The second kappa shape index (κ2) is 11.2. The van der Waals surface area contributed by atoms with Crippen LogP contribution in [0.5, 0.6) is 0 Å². The maximum Gasteiger partial charge on any atom is 0.262 e. The predicted octanol–water partition coefficient (Wildman–Crippen LogP) is 2.44. The van der Waals surface area contributed by atoms with Crippen molar-refractivity contribution in [2.75, 3.05) is 32.7 Å². The average molecular weight is 493 g/mol. The summed E-state index contributed by atoms with van der Waals surface area (Å²) in [6, 6.07) is 13.2. The molecule has 1 saturated heterocycles. The number of rotatable bonds is 9. The molecule has 8 nitrogen and oxygen atoms in total. The molecule has 3 rings (SSSR count). The van der Waals surface area contributed by atoms with Crippen molar-refractivity contribution >= 4 is 25.9 Å². The predicted molar refractivity (Wildman–Crippen MR) is 130 cm³/mol. The number of sulfonamides is 2. The minimum Gasteiger partial charge on any atom is -0.296 e. The lowest BCUT2D eigenvalue weighted by molar-refractivity contribution is 0.257. The highest BCUT2D eigenvalue weighted by atomic mass is 32.2. The van der Waals surface area contributed by atoms with Crippen LogP contribution in [-0.2, 0) is 20.0 Å². The number of hydrogen-bond donors (Lipinski definition) is 2. The number of nitrogens with zero attached hydrogens (tertiary/aromatic N) is 2. The molecule has 1 aliphatic heterocycles. The van der Waals surface area contributed by atoms with Crippen LogP contribution in [0.3, 0.4) is 0 Å². The third kappa shape index (κ3) is 7.63. The van der Waals surface area contributed by atoms with Crippen LogP contribution in [-0.4, -0.2) is 60.3 Å². The molecule has 0 bridgehead atoms. The molecule has 0 atom stereocenters. The molecule has 2 N–H and O–H groups in total. The van der Waals surface area contributed by atoms with Crippen molar-refractivity contribution in [3.05, 3.63) is 59.7 Å². The average Bonchev–Trinajstić information content (AvgIpc) is 2.78. The summed E-state index contributed by atoms with van der Waals surface area (Å²) in [7, 11) is -7.44. The first-order chi connectivity index (χ1) is 15.7. The molecule has 2 aromatic rings. The number of amidine groups is 1. The Morgan fingerprint density at radius 3 is 1.88 bits per heavy atom. The molecule has 0 aliphatic carbocycles. The third-order valence-corrected chi connectivity index (χ3v) is 8.32. The second-order valence-electron chi connectivity index (χ2n) is 8.29. The van der Waals surface area contributed by atoms with Gasteiger partial charge in [0, 0.05) is 6.54 Å². The zero-order valence-electron chi connectivity index (χ0n) is 19.1. The van der Waals surface area contributed by atoms with Gasteiger partial charge in [-0.2, -0.15) is 0 Å². The van der Waals surface area contributed by atoms with Gasteiger partial charge in [0.25, 0.3) is 10.0 Å². The van der Waals surface area contributed by atoms with Crippen LogP contribution >= 0.6 is 0 Å². The van der Waals surface area contributed by atoms with E-state index in [-0.39, 0.29) is 22.9 Å². The van der Waals surface area contributed by atoms with E-state index in [0.717, 1.165) is 37.1 Å². The quantitative estimate of drug-likeness (QED) is 0.318. The zero-order valence-corrected chi connectivity index (χ0v) is 20.8. The van der Waals surface area contributed by atoms with E-state index >= 15 is 0 Å². The number of aryl methyl sites for hydroxylation is 2. The van der Waals surface area contributed by atoms with Gasteiger partial charge in [0.05, 0.1) is 22.9 Å². The van der Waals surface area contributed by atoms with Crippen molar-refractivity contribution < 1.29 is 16.8 Å². The Balaban J connectivity index is 1.68. The van der Waals surface area contributed by atoms with Crippen molar-refractivity contribution in [2.24, 2.45) is 4.99 Å². The number of aliphatic imine (C=N–C) groups is 1. The van der Waals surface area contributed by atoms with Crippen molar-refractivity contribution in [3.8, 4) is 0 Å². The summed E-state index contributed by atoms with van der Waals surface area (Å²) in [5, 5.41) is 0. The Labute approximate surface area is 197 Å². The fourth-order valence-electron chi connectivity index (χ4n) is 3.55. The third-order valence-electron chi connectivity index (χ3n) is 5.44. The highest BCUT2D eigenvalue weighted by Crippen LogP contribution is 2.12. The van der Waals surface area contributed by atoms with Crippen molar-refractivity contribution in [3.63, 3.8) is 0 Å². The van der Waals surface area contributed by atoms with Gasteiger partial charge >= 0.3 is 0 Å². The smallest absolute Gasteiger partial charge is 0.262 e. The Kier molecular flexibility index (Phi) is 8.63. The van der Waals surface area contributed by atoms with Crippen molar-refractivity contribution in [1.29, 1.82) is 0 Å². The van der Waals surface area contributed by atoms with E-state index in [4.69, 9.17) is 0 Å². The Morgan fingerprint density at radius 2 is 1.33 bits per heavy atom. The van der Waals surface area contributed by atoms with Crippen LogP contribution in [0.15, 0.2) is 63.3 Å². The minimum absolute atomic E-state index is 0.0615. The Morgan fingerprint density at radius 1 is 0.818 bits per heavy atom. The highest BCUT2D eigenvalue weighted by Gasteiger charge is 2.20. The van der Waals surface area contributed by atoms with Crippen LogP contribution in [0, 0.1) is 13.8 Å². The van der Waals surface area contributed by atoms with Gasteiger partial charge in [-0.3, -0.25) is 14.6 Å². The summed E-state index contributed by atoms with van der Waals surface area (Å²) in [5.41, 5.74) is 1.94. The number of piperidine rings is 1. The van der Waals surface area contributed by atoms with Gasteiger partial charge in [0.1, 0.15) is 5.84 Å². The van der Waals surface area contributed by atoms with Gasteiger partial charge in [0.15, 0.2) is 0 Å². The summed E-state index contributed by atoms with van der Waals surface area (Å²) in [4.78, 5) is 6.93. The molecule has 0 saturated carbocycles. The normalized spacial score (nSPS) is 16.0. The molecule has 0 unspecified atom stereocenters. The summed E-state index contributed by atoms with van der Waals surface area (Å²) >= 11 is 0. The van der Waals surface area contributed by atoms with Crippen molar-refractivity contribution in [2.45, 2.75) is 42.9 Å². The van der Waals surface area contributed by atoms with E-state index in [1.54, 1.807) is 48.5 Å². The van der Waals surface area contributed by atoms with Gasteiger partial charge in [-0.25, -0.2) is 21.6 Å². The van der Waals surface area contributed by atoms with Crippen LogP contribution in [0.4, 0.5) is 0 Å². The maximum atomic E-state index is 12.9. The van der Waals surface area contributed by atoms with E-state index in [1.165, 1.54) is 6.42 Å². The van der Waals surface area contributed by atoms with Crippen LogP contribution in [0.2, 0.25) is 0 Å². The topological polar surface area (TPSA) is 108 Å². The van der Waals surface area contributed by atoms with Gasteiger partial charge < -0.3 is 0 Å². The fraction of sp³-hybridized carbons (Fsp3) is 0.435. The number of benzene rings is 2. The van der Waals surface area contributed by atoms with E-state index in [9.17, 15) is 16.8 Å². The molecule has 33 heavy (non-hydrogen) atoms. The summed E-state index contributed by atoms with van der Waals surface area (Å²) < 4.78 is 55.8. The van der Waals surface area contributed by atoms with Gasteiger partial charge in [-0.1, -0.05) is 41.8 Å². The van der Waals surface area contributed by atoms with Crippen LogP contribution in [0.1, 0.15) is 30.4 Å². The maximum absolute atomic E-state index is 12.9. The molecule has 1 heterocycles. The van der Waals surface area contributed by atoms with E-state index < -0.39 is 20.0 Å². The molecule has 180 valence electrons. The van der Waals surface area contributed by atoms with Gasteiger partial charge in [0.2, 0.25) is 10.0 Å². The minimum atomic E-state index is -3.79. The van der Waals surface area contributed by atoms with Gasteiger partial charge in [-0.05, 0) is 64.0 Å². The summed E-state index contributed by atoms with van der Waals surface area (Å²) in [6.45, 7) is 6.09. The highest BCUT2D eigenvalue weighted by molar-refractivity contribution is 7.90. The summed E-state index contributed by atoms with van der Waals surface area (Å²) in [5.74, 6) is 0.312. The van der Waals surface area contributed by atoms with E-state index in [1.807, 2.05) is 13.8 Å². The molecule has 2 aromatic carbocycles. The Hall–Kier alpha value is -2.27. The molecule has 0 radical (unpaired) electrons. The SMILES string of the molecule is Cc1ccc(S(=O)(=O)NCCN=C(CN2CCCCC2)NS(=O)(=O)c2ccc(C)cc2)cc1. The molecular formula is C23H32N4O4S2. The standard InChI is InChI=1S/C23H32N4O4S2/c1-19-6-10-21(11-7-19)32(28,29)25-15-14-24-23(18-27-16-4-3-5-17-27)26-33(30,31)22-12-8-20(2)9-13-22/h6-13,25H,3-5,14-18H2,1-2H3,(H,24,26). The molecule has 0 aromatic heterocycles. The summed E-state index contributed by atoms with van der Waals surface area (Å²) in [6.07, 6.45) is 3.29. The lowest BCUT2D eigenvalue weighted by Gasteiger charge is -2.27. The molecule has 1 aliphatic rings. The number of likely N-dealkylation sites (tertiary alicyclic amines) is 1. The van der Waals surface area contributed by atoms with E-state index in [0.29, 0.717) is 12.4 Å². The molecule has 0 amide bonds. The molecule has 10 heteroatoms. The number of nitrogens with one attached hydrogen (secondary N) is 2. The fourth-order valence-corrected chi connectivity index (χ4v) is 5.62. The zero-order chi connectivity index (χ0) is 23.9. The van der Waals surface area contributed by atoms with E-state index in [2.05, 4.69) is 19.3 Å². The van der Waals surface area contributed by atoms with Crippen LogP contribution in [0.25, 0.3) is 0 Å². The Bertz CT molecular complexity index is 1150. The first-order valence-electron chi connectivity index (χ1n) is 11.1. The lowest BCUT2D eigenvalue weighted by atomic mass is 10.1.